The predicted octanol–water partition coefficient (Wildman–Crippen LogP) is 3.97. The van der Waals surface area contributed by atoms with Gasteiger partial charge >= 0.3 is 5.97 Å². The van der Waals surface area contributed by atoms with Gasteiger partial charge in [0.25, 0.3) is 0 Å². The van der Waals surface area contributed by atoms with Crippen LogP contribution in [0, 0.1) is 40.4 Å². The molecular formula is C23H37ClN2O4. The van der Waals surface area contributed by atoms with Gasteiger partial charge in [0.2, 0.25) is 0 Å². The molecule has 0 aromatic rings. The summed E-state index contributed by atoms with van der Waals surface area (Å²) in [4.78, 5) is 24.8. The van der Waals surface area contributed by atoms with Crippen molar-refractivity contribution in [2.24, 2.45) is 51.3 Å². The lowest BCUT2D eigenvalue weighted by atomic mass is 9.44. The van der Waals surface area contributed by atoms with E-state index in [1.165, 1.54) is 0 Å². The maximum Gasteiger partial charge on any atom is 0.310 e. The van der Waals surface area contributed by atoms with Crippen LogP contribution in [0.2, 0.25) is 0 Å². The Bertz CT molecular complexity index is 728. The first-order valence-electron chi connectivity index (χ1n) is 11.4. The zero-order chi connectivity index (χ0) is 21.0. The van der Waals surface area contributed by atoms with Gasteiger partial charge < -0.3 is 15.7 Å². The number of hydrogen-bond acceptors (Lipinski definition) is 6. The van der Waals surface area contributed by atoms with Crippen LogP contribution in [0.3, 0.4) is 0 Å². The normalized spacial score (nSPS) is 45.0. The van der Waals surface area contributed by atoms with E-state index in [-0.39, 0.29) is 47.1 Å². The van der Waals surface area contributed by atoms with Crippen molar-refractivity contribution in [2.45, 2.75) is 78.2 Å². The Morgan fingerprint density at radius 2 is 2.00 bits per heavy atom. The predicted molar refractivity (Wildman–Crippen MR) is 117 cm³/mol. The van der Waals surface area contributed by atoms with Gasteiger partial charge in [-0.1, -0.05) is 25.9 Å². The Morgan fingerprint density at radius 3 is 2.67 bits per heavy atom. The van der Waals surface area contributed by atoms with E-state index in [0.29, 0.717) is 36.5 Å². The number of fused-ring (bicyclic) bond motifs is 5. The molecule has 4 saturated carbocycles. The number of nitrogens with two attached hydrogens (primary N) is 1. The maximum absolute atomic E-state index is 12.6. The Hall–Kier alpha value is -1.14. The molecule has 0 saturated heterocycles. The molecule has 0 aromatic heterocycles. The highest BCUT2D eigenvalue weighted by Crippen LogP contribution is 2.65. The Kier molecular flexibility index (Phi) is 6.60. The van der Waals surface area contributed by atoms with Crippen molar-refractivity contribution in [3.63, 3.8) is 0 Å². The third-order valence-corrected chi connectivity index (χ3v) is 9.31. The number of carbonyl (C=O) groups is 2. The van der Waals surface area contributed by atoms with Crippen molar-refractivity contribution in [2.75, 3.05) is 6.54 Å². The average molecular weight is 441 g/mol. The van der Waals surface area contributed by atoms with Crippen molar-refractivity contribution < 1.29 is 19.5 Å². The SMILES string of the molecule is C[C@H](CN)C(=O)O[C@H]1CC[C@@]2(C)[C@H](C1)/C(=N/O)C[C@@H]1[C@@H]2CC[C@]2(C)C(=O)CC[C@@H]12.Cl. The van der Waals surface area contributed by atoms with Crippen LogP contribution in [0.1, 0.15) is 72.1 Å². The monoisotopic (exact) mass is 440 g/mol. The van der Waals surface area contributed by atoms with Gasteiger partial charge in [0.05, 0.1) is 11.6 Å². The fourth-order valence-electron chi connectivity index (χ4n) is 7.40. The van der Waals surface area contributed by atoms with Crippen molar-refractivity contribution >= 4 is 29.9 Å². The molecule has 0 heterocycles. The molecule has 0 radical (unpaired) electrons. The molecule has 7 heteroatoms. The topological polar surface area (TPSA) is 102 Å². The highest BCUT2D eigenvalue weighted by molar-refractivity contribution is 5.90. The summed E-state index contributed by atoms with van der Waals surface area (Å²) in [5.74, 6) is 1.42. The summed E-state index contributed by atoms with van der Waals surface area (Å²) in [6.07, 6.45) is 6.91. The van der Waals surface area contributed by atoms with Crippen LogP contribution in [0.4, 0.5) is 0 Å². The van der Waals surface area contributed by atoms with E-state index in [0.717, 1.165) is 50.7 Å². The first kappa shape index (κ1) is 23.5. The van der Waals surface area contributed by atoms with Crippen molar-refractivity contribution in [3.05, 3.63) is 0 Å². The molecule has 170 valence electrons. The fraction of sp³-hybridized carbons (Fsp3) is 0.870. The van der Waals surface area contributed by atoms with Gasteiger partial charge in [-0.3, -0.25) is 9.59 Å². The summed E-state index contributed by atoms with van der Waals surface area (Å²) < 4.78 is 5.77. The number of nitrogens with zero attached hydrogens (tertiary/aromatic N) is 1. The molecule has 4 rings (SSSR count). The van der Waals surface area contributed by atoms with Crippen molar-refractivity contribution in [1.82, 2.24) is 0 Å². The van der Waals surface area contributed by atoms with Gasteiger partial charge in [-0.2, -0.15) is 0 Å². The standard InChI is InChI=1S/C23H36N2O4.ClH/c1-13(12-24)21(27)29-14-6-8-22(2)17-7-9-23(3)16(4-5-20(23)26)15(17)11-19(25-28)18(22)10-14;/h13-18,28H,4-12,24H2,1-3H3;1H/b25-19+;/t13-,14+,15+,16+,17+,18-,22-,23+;/m1./s1. The summed E-state index contributed by atoms with van der Waals surface area (Å²) >= 11 is 0. The Balaban J connectivity index is 0.00000256. The number of hydrogen-bond donors (Lipinski definition) is 2. The fourth-order valence-corrected chi connectivity index (χ4v) is 7.40. The van der Waals surface area contributed by atoms with Crippen LogP contribution < -0.4 is 5.73 Å². The zero-order valence-corrected chi connectivity index (χ0v) is 19.2. The summed E-state index contributed by atoms with van der Waals surface area (Å²) in [5.41, 5.74) is 6.32. The lowest BCUT2D eigenvalue weighted by molar-refractivity contribution is -0.159. The molecule has 0 aromatic carbocycles. The summed E-state index contributed by atoms with van der Waals surface area (Å²) in [7, 11) is 0. The lowest BCUT2D eigenvalue weighted by Crippen LogP contribution is -2.57. The summed E-state index contributed by atoms with van der Waals surface area (Å²) in [6, 6.07) is 0. The quantitative estimate of drug-likeness (QED) is 0.392. The number of ether oxygens (including phenoxy) is 1. The minimum atomic E-state index is -0.291. The molecule has 4 aliphatic carbocycles. The second-order valence-electron chi connectivity index (χ2n) is 10.6. The summed E-state index contributed by atoms with van der Waals surface area (Å²) in [5, 5.41) is 13.6. The van der Waals surface area contributed by atoms with Crippen LogP contribution in [0.25, 0.3) is 0 Å². The Morgan fingerprint density at radius 1 is 1.27 bits per heavy atom. The van der Waals surface area contributed by atoms with Gasteiger partial charge in [0, 0.05) is 24.3 Å². The molecule has 0 spiro atoms. The smallest absolute Gasteiger partial charge is 0.310 e. The third kappa shape index (κ3) is 3.48. The number of halogens is 1. The van der Waals surface area contributed by atoms with E-state index < -0.39 is 0 Å². The zero-order valence-electron chi connectivity index (χ0n) is 18.4. The number of carbonyl (C=O) groups excluding carboxylic acids is 2. The van der Waals surface area contributed by atoms with Gasteiger partial charge in [0.15, 0.2) is 0 Å². The van der Waals surface area contributed by atoms with Crippen molar-refractivity contribution in [3.8, 4) is 0 Å². The van der Waals surface area contributed by atoms with Crippen molar-refractivity contribution in [1.29, 1.82) is 0 Å². The van der Waals surface area contributed by atoms with E-state index in [2.05, 4.69) is 19.0 Å². The van der Waals surface area contributed by atoms with Gasteiger partial charge in [-0.25, -0.2) is 0 Å². The van der Waals surface area contributed by atoms with Gasteiger partial charge in [-0.15, -0.1) is 12.4 Å². The number of oxime groups is 1. The number of rotatable bonds is 3. The lowest BCUT2D eigenvalue weighted by Gasteiger charge is -2.60. The molecule has 4 fully saturated rings. The van der Waals surface area contributed by atoms with Crippen LogP contribution in [0.5, 0.6) is 0 Å². The maximum atomic E-state index is 12.6. The number of esters is 1. The van der Waals surface area contributed by atoms with E-state index in [1.807, 2.05) is 0 Å². The highest BCUT2D eigenvalue weighted by Gasteiger charge is 2.62. The number of ketones is 1. The molecule has 0 amide bonds. The highest BCUT2D eigenvalue weighted by atomic mass is 35.5. The molecule has 30 heavy (non-hydrogen) atoms. The second-order valence-corrected chi connectivity index (χ2v) is 10.6. The van der Waals surface area contributed by atoms with E-state index >= 15 is 0 Å². The van der Waals surface area contributed by atoms with E-state index in [9.17, 15) is 14.8 Å². The molecule has 0 unspecified atom stereocenters. The average Bonchev–Trinajstić information content (AvgIpc) is 3.02. The van der Waals surface area contributed by atoms with Crippen LogP contribution in [-0.2, 0) is 14.3 Å². The summed E-state index contributed by atoms with van der Waals surface area (Å²) in [6.45, 7) is 6.60. The molecule has 3 N–H and O–H groups in total. The molecule has 6 nitrogen and oxygen atoms in total. The molecular weight excluding hydrogens is 404 g/mol. The van der Waals surface area contributed by atoms with E-state index in [1.54, 1.807) is 6.92 Å². The third-order valence-electron chi connectivity index (χ3n) is 9.31. The largest absolute Gasteiger partial charge is 0.462 e. The number of Topliss-reactive ketones (excluding diaryl/α,β-unsaturated/α-hetero) is 1. The molecule has 0 bridgehead atoms. The first-order valence-corrected chi connectivity index (χ1v) is 11.4. The minimum Gasteiger partial charge on any atom is -0.462 e. The Labute approximate surface area is 185 Å². The minimum absolute atomic E-state index is 0. The van der Waals surface area contributed by atoms with Crippen LogP contribution in [0.15, 0.2) is 5.16 Å². The van der Waals surface area contributed by atoms with Gasteiger partial charge in [-0.05, 0) is 68.1 Å². The molecule has 8 atom stereocenters. The van der Waals surface area contributed by atoms with Crippen LogP contribution in [-0.4, -0.2) is 35.3 Å². The van der Waals surface area contributed by atoms with Crippen LogP contribution >= 0.6 is 12.4 Å². The van der Waals surface area contributed by atoms with Gasteiger partial charge in [0.1, 0.15) is 11.9 Å². The van der Waals surface area contributed by atoms with E-state index in [4.69, 9.17) is 10.5 Å². The molecule has 0 aliphatic heterocycles. The molecule has 4 aliphatic rings. The first-order chi connectivity index (χ1) is 13.7. The second kappa shape index (κ2) is 8.42.